The smallest absolute Gasteiger partial charge is 0.329 e. The largest absolute Gasteiger partial charge is 0.484 e. The number of rotatable bonds is 5. The van der Waals surface area contributed by atoms with E-state index in [-0.39, 0.29) is 12.0 Å². The molecule has 0 unspecified atom stereocenters. The molecule has 0 aliphatic heterocycles. The Hall–Kier alpha value is -2.04. The molecule has 5 nitrogen and oxygen atoms in total. The number of benzene rings is 1. The van der Waals surface area contributed by atoms with Gasteiger partial charge in [0.1, 0.15) is 11.3 Å². The summed E-state index contributed by atoms with van der Waals surface area (Å²) in [5.41, 5.74) is 0.161. The fraction of sp³-hybridized carbons (Fsp3) is 0.529. The lowest BCUT2D eigenvalue weighted by Crippen LogP contribution is -2.59. The van der Waals surface area contributed by atoms with Gasteiger partial charge in [0.05, 0.1) is 0 Å². The summed E-state index contributed by atoms with van der Waals surface area (Å²) in [6.45, 7) is 6.20. The van der Waals surface area contributed by atoms with Crippen molar-refractivity contribution in [3.63, 3.8) is 0 Å². The van der Waals surface area contributed by atoms with Crippen molar-refractivity contribution in [3.8, 4) is 5.75 Å². The Morgan fingerprint density at radius 2 is 1.82 bits per heavy atom. The zero-order valence-electron chi connectivity index (χ0n) is 13.3. The van der Waals surface area contributed by atoms with E-state index in [4.69, 9.17) is 9.84 Å². The highest BCUT2D eigenvalue weighted by atomic mass is 16.5. The molecular weight excluding hydrogens is 282 g/mol. The molecule has 1 aliphatic carbocycles. The summed E-state index contributed by atoms with van der Waals surface area (Å²) in [6, 6.07) is 7.59. The summed E-state index contributed by atoms with van der Waals surface area (Å²) in [7, 11) is 0. The van der Waals surface area contributed by atoms with Crippen LogP contribution >= 0.6 is 0 Å². The van der Waals surface area contributed by atoms with Crippen molar-refractivity contribution in [2.45, 2.75) is 51.0 Å². The second-order valence-electron chi connectivity index (χ2n) is 6.85. The molecule has 5 heteroatoms. The lowest BCUT2D eigenvalue weighted by Gasteiger charge is -2.38. The predicted octanol–water partition coefficient (Wildman–Crippen LogP) is 2.49. The molecule has 22 heavy (non-hydrogen) atoms. The van der Waals surface area contributed by atoms with Crippen molar-refractivity contribution >= 4 is 11.9 Å². The molecule has 2 N–H and O–H groups in total. The fourth-order valence-corrected chi connectivity index (χ4v) is 2.43. The van der Waals surface area contributed by atoms with Crippen LogP contribution in [0.3, 0.4) is 0 Å². The first-order valence-electron chi connectivity index (χ1n) is 7.51. The van der Waals surface area contributed by atoms with Gasteiger partial charge in [-0.1, -0.05) is 32.9 Å². The van der Waals surface area contributed by atoms with E-state index in [0.717, 1.165) is 6.42 Å². The topological polar surface area (TPSA) is 75.6 Å². The van der Waals surface area contributed by atoms with Gasteiger partial charge in [0.2, 0.25) is 0 Å². The van der Waals surface area contributed by atoms with Crippen LogP contribution in [0.2, 0.25) is 0 Å². The summed E-state index contributed by atoms with van der Waals surface area (Å²) in [5.74, 6) is -0.773. The average molecular weight is 305 g/mol. The predicted molar refractivity (Wildman–Crippen MR) is 83.0 cm³/mol. The minimum absolute atomic E-state index is 0.0635. The number of aliphatic carboxylic acids is 1. The average Bonchev–Trinajstić information content (AvgIpc) is 2.39. The molecule has 1 aromatic rings. The Labute approximate surface area is 130 Å². The van der Waals surface area contributed by atoms with E-state index >= 15 is 0 Å². The van der Waals surface area contributed by atoms with E-state index < -0.39 is 17.4 Å². The van der Waals surface area contributed by atoms with E-state index in [1.54, 1.807) is 0 Å². The zero-order valence-corrected chi connectivity index (χ0v) is 13.3. The SMILES string of the molecule is CC(C)(C)c1ccc(OCC(=O)NC2(C(=O)O)CCC2)cc1. The van der Waals surface area contributed by atoms with Crippen LogP contribution in [-0.2, 0) is 15.0 Å². The molecule has 0 atom stereocenters. The first-order chi connectivity index (χ1) is 10.2. The fourth-order valence-electron chi connectivity index (χ4n) is 2.43. The normalized spacial score (nSPS) is 16.5. The molecule has 2 rings (SSSR count). The van der Waals surface area contributed by atoms with Gasteiger partial charge in [-0.15, -0.1) is 0 Å². The number of ether oxygens (including phenoxy) is 1. The Kier molecular flexibility index (Phi) is 4.44. The van der Waals surface area contributed by atoms with Gasteiger partial charge in [0.15, 0.2) is 6.61 Å². The third kappa shape index (κ3) is 3.59. The third-order valence-electron chi connectivity index (χ3n) is 4.09. The summed E-state index contributed by atoms with van der Waals surface area (Å²) < 4.78 is 5.42. The molecule has 1 fully saturated rings. The molecule has 0 heterocycles. The number of carboxylic acids is 1. The number of carbonyl (C=O) groups is 2. The first-order valence-corrected chi connectivity index (χ1v) is 7.51. The van der Waals surface area contributed by atoms with Gasteiger partial charge in [-0.3, -0.25) is 4.79 Å². The zero-order chi connectivity index (χ0) is 16.4. The maximum Gasteiger partial charge on any atom is 0.329 e. The second kappa shape index (κ2) is 5.99. The maximum absolute atomic E-state index is 11.9. The maximum atomic E-state index is 11.9. The molecular formula is C17H23NO4. The standard InChI is InChI=1S/C17H23NO4/c1-16(2,3)12-5-7-13(8-6-12)22-11-14(19)18-17(15(20)21)9-4-10-17/h5-8H,4,9-11H2,1-3H3,(H,18,19)(H,20,21). The molecule has 0 saturated heterocycles. The van der Waals surface area contributed by atoms with Crippen molar-refractivity contribution in [1.82, 2.24) is 5.32 Å². The van der Waals surface area contributed by atoms with Crippen molar-refractivity contribution in [3.05, 3.63) is 29.8 Å². The highest BCUT2D eigenvalue weighted by molar-refractivity contribution is 5.88. The van der Waals surface area contributed by atoms with Crippen LogP contribution in [0.1, 0.15) is 45.6 Å². The van der Waals surface area contributed by atoms with Crippen LogP contribution in [0, 0.1) is 0 Å². The molecule has 0 aromatic heterocycles. The highest BCUT2D eigenvalue weighted by Gasteiger charge is 2.45. The third-order valence-corrected chi connectivity index (χ3v) is 4.09. The van der Waals surface area contributed by atoms with E-state index in [1.165, 1.54) is 5.56 Å². The van der Waals surface area contributed by atoms with Gasteiger partial charge in [-0.05, 0) is 42.4 Å². The van der Waals surface area contributed by atoms with Crippen LogP contribution in [0.5, 0.6) is 5.75 Å². The first kappa shape index (κ1) is 16.3. The van der Waals surface area contributed by atoms with Crippen LogP contribution < -0.4 is 10.1 Å². The number of hydrogen-bond acceptors (Lipinski definition) is 3. The number of carboxylic acid groups (broad SMARTS) is 1. The molecule has 0 spiro atoms. The summed E-state index contributed by atoms with van der Waals surface area (Å²) in [4.78, 5) is 23.0. The van der Waals surface area contributed by atoms with Gasteiger partial charge in [0, 0.05) is 0 Å². The lowest BCUT2D eigenvalue weighted by atomic mass is 9.77. The molecule has 1 aliphatic rings. The number of amides is 1. The van der Waals surface area contributed by atoms with Gasteiger partial charge in [-0.25, -0.2) is 4.79 Å². The van der Waals surface area contributed by atoms with Crippen LogP contribution in [0.15, 0.2) is 24.3 Å². The van der Waals surface area contributed by atoms with Crippen LogP contribution in [-0.4, -0.2) is 29.1 Å². The van der Waals surface area contributed by atoms with Crippen molar-refractivity contribution in [2.75, 3.05) is 6.61 Å². The Balaban J connectivity index is 1.87. The summed E-state index contributed by atoms with van der Waals surface area (Å²) in [6.07, 6.45) is 1.78. The minimum Gasteiger partial charge on any atom is -0.484 e. The van der Waals surface area contributed by atoms with E-state index in [2.05, 4.69) is 26.1 Å². The monoisotopic (exact) mass is 305 g/mol. The van der Waals surface area contributed by atoms with Crippen molar-refractivity contribution < 1.29 is 19.4 Å². The van der Waals surface area contributed by atoms with Crippen molar-refractivity contribution in [2.24, 2.45) is 0 Å². The van der Waals surface area contributed by atoms with Crippen molar-refractivity contribution in [1.29, 1.82) is 0 Å². The summed E-state index contributed by atoms with van der Waals surface area (Å²) >= 11 is 0. The quantitative estimate of drug-likeness (QED) is 0.876. The van der Waals surface area contributed by atoms with E-state index in [1.807, 2.05) is 24.3 Å². The molecule has 1 aromatic carbocycles. The molecule has 0 radical (unpaired) electrons. The van der Waals surface area contributed by atoms with E-state index in [0.29, 0.717) is 18.6 Å². The minimum atomic E-state index is -1.09. The number of carbonyl (C=O) groups excluding carboxylic acids is 1. The molecule has 1 saturated carbocycles. The van der Waals surface area contributed by atoms with Crippen LogP contribution in [0.25, 0.3) is 0 Å². The van der Waals surface area contributed by atoms with Gasteiger partial charge >= 0.3 is 5.97 Å². The summed E-state index contributed by atoms with van der Waals surface area (Å²) in [5, 5.41) is 11.7. The van der Waals surface area contributed by atoms with Crippen LogP contribution in [0.4, 0.5) is 0 Å². The molecule has 0 bridgehead atoms. The second-order valence-corrected chi connectivity index (χ2v) is 6.85. The molecule has 120 valence electrons. The van der Waals surface area contributed by atoms with Gasteiger partial charge < -0.3 is 15.2 Å². The molecule has 1 amide bonds. The van der Waals surface area contributed by atoms with Gasteiger partial charge in [0.25, 0.3) is 5.91 Å². The number of nitrogens with one attached hydrogen (secondary N) is 1. The van der Waals surface area contributed by atoms with E-state index in [9.17, 15) is 9.59 Å². The highest BCUT2D eigenvalue weighted by Crippen LogP contribution is 2.32. The Morgan fingerprint density at radius 1 is 1.23 bits per heavy atom. The lowest BCUT2D eigenvalue weighted by molar-refractivity contribution is -0.152. The van der Waals surface area contributed by atoms with Gasteiger partial charge in [-0.2, -0.15) is 0 Å². The Bertz CT molecular complexity index is 553. The Morgan fingerprint density at radius 3 is 2.23 bits per heavy atom. The number of hydrogen-bond donors (Lipinski definition) is 2.